The Bertz CT molecular complexity index is 107. The summed E-state index contributed by atoms with van der Waals surface area (Å²) in [6, 6.07) is 0. The van der Waals surface area contributed by atoms with Gasteiger partial charge in [-0.25, -0.2) is 0 Å². The van der Waals surface area contributed by atoms with Crippen molar-refractivity contribution in [3.8, 4) is 0 Å². The first-order chi connectivity index (χ1) is 6.06. The third-order valence-corrected chi connectivity index (χ3v) is 1.76. The molecule has 0 spiro atoms. The summed E-state index contributed by atoms with van der Waals surface area (Å²) in [7, 11) is 0. The van der Waals surface area contributed by atoms with E-state index in [2.05, 4.69) is 31.4 Å². The molecule has 0 saturated carbocycles. The Hall–Kier alpha value is -0.120. The Morgan fingerprint density at radius 1 is 1.00 bits per heavy atom. The smallest absolute Gasteiger partial charge is 0.00970 e. The summed E-state index contributed by atoms with van der Waals surface area (Å²) < 4.78 is 0. The molecule has 3 nitrogen and oxygen atoms in total. The number of nitrogens with one attached hydrogen (secondary N) is 2. The van der Waals surface area contributed by atoms with Crippen LogP contribution in [-0.4, -0.2) is 31.7 Å². The molecule has 0 saturated heterocycles. The van der Waals surface area contributed by atoms with Gasteiger partial charge in [0.25, 0.3) is 0 Å². The van der Waals surface area contributed by atoms with E-state index >= 15 is 0 Å². The largest absolute Gasteiger partial charge is 0.330 e. The molecule has 0 bridgehead atoms. The van der Waals surface area contributed by atoms with Gasteiger partial charge in [0.1, 0.15) is 0 Å². The van der Waals surface area contributed by atoms with E-state index in [4.69, 9.17) is 5.73 Å². The molecule has 3 heteroatoms. The zero-order valence-electron chi connectivity index (χ0n) is 9.32. The molecule has 0 aromatic rings. The molecule has 0 aliphatic rings. The van der Waals surface area contributed by atoms with E-state index in [0.29, 0.717) is 0 Å². The predicted molar refractivity (Wildman–Crippen MR) is 58.9 cm³/mol. The van der Waals surface area contributed by atoms with Crippen molar-refractivity contribution in [2.24, 2.45) is 5.73 Å². The summed E-state index contributed by atoms with van der Waals surface area (Å²) in [4.78, 5) is 0. The first-order valence-corrected chi connectivity index (χ1v) is 5.22. The maximum atomic E-state index is 5.39. The van der Waals surface area contributed by atoms with Crippen LogP contribution in [0.15, 0.2) is 0 Å². The van der Waals surface area contributed by atoms with Crippen LogP contribution in [0.3, 0.4) is 0 Å². The highest BCUT2D eigenvalue weighted by Crippen LogP contribution is 1.96. The fourth-order valence-corrected chi connectivity index (χ4v) is 1.05. The molecule has 0 aromatic carbocycles. The van der Waals surface area contributed by atoms with E-state index < -0.39 is 0 Å². The van der Waals surface area contributed by atoms with Gasteiger partial charge in [0.2, 0.25) is 0 Å². The van der Waals surface area contributed by atoms with Crippen LogP contribution < -0.4 is 16.4 Å². The minimum Gasteiger partial charge on any atom is -0.330 e. The maximum Gasteiger partial charge on any atom is 0.00970 e. The first kappa shape index (κ1) is 12.9. The fraction of sp³-hybridized carbons (Fsp3) is 1.00. The molecule has 13 heavy (non-hydrogen) atoms. The second kappa shape index (κ2) is 7.30. The van der Waals surface area contributed by atoms with Gasteiger partial charge in [-0.3, -0.25) is 0 Å². The van der Waals surface area contributed by atoms with Crippen molar-refractivity contribution in [1.29, 1.82) is 0 Å². The Morgan fingerprint density at radius 2 is 1.69 bits per heavy atom. The molecule has 0 atom stereocenters. The lowest BCUT2D eigenvalue weighted by Crippen LogP contribution is -2.40. The molecule has 0 rings (SSSR count). The molecular weight excluding hydrogens is 162 g/mol. The lowest BCUT2D eigenvalue weighted by atomic mass is 10.1. The molecule has 0 unspecified atom stereocenters. The molecule has 0 aliphatic heterocycles. The Balaban J connectivity index is 3.00. The van der Waals surface area contributed by atoms with Crippen LogP contribution in [0.2, 0.25) is 0 Å². The monoisotopic (exact) mass is 187 g/mol. The van der Waals surface area contributed by atoms with Crippen molar-refractivity contribution in [1.82, 2.24) is 10.6 Å². The zero-order chi connectivity index (χ0) is 10.2. The van der Waals surface area contributed by atoms with Gasteiger partial charge in [-0.2, -0.15) is 0 Å². The van der Waals surface area contributed by atoms with Crippen LogP contribution in [0.4, 0.5) is 0 Å². The molecule has 0 radical (unpaired) electrons. The predicted octanol–water partition coefficient (Wildman–Crippen LogP) is 0.703. The van der Waals surface area contributed by atoms with E-state index in [-0.39, 0.29) is 5.54 Å². The van der Waals surface area contributed by atoms with Gasteiger partial charge in [-0.1, -0.05) is 0 Å². The van der Waals surface area contributed by atoms with Gasteiger partial charge in [0.15, 0.2) is 0 Å². The Labute approximate surface area is 82.5 Å². The van der Waals surface area contributed by atoms with Crippen LogP contribution in [0.5, 0.6) is 0 Å². The highest BCUT2D eigenvalue weighted by molar-refractivity contribution is 4.70. The van der Waals surface area contributed by atoms with E-state index in [0.717, 1.165) is 32.6 Å². The average Bonchev–Trinajstić information content (AvgIpc) is 2.01. The summed E-state index contributed by atoms with van der Waals surface area (Å²) in [5.74, 6) is 0. The SMILES string of the molecule is CC(C)(C)NCCNCCCCN. The van der Waals surface area contributed by atoms with Crippen LogP contribution in [0.1, 0.15) is 33.6 Å². The summed E-state index contributed by atoms with van der Waals surface area (Å²) >= 11 is 0. The van der Waals surface area contributed by atoms with E-state index in [1.807, 2.05) is 0 Å². The van der Waals surface area contributed by atoms with Crippen LogP contribution in [0, 0.1) is 0 Å². The molecule has 0 fully saturated rings. The van der Waals surface area contributed by atoms with Crippen molar-refractivity contribution in [2.75, 3.05) is 26.2 Å². The number of unbranched alkanes of at least 4 members (excludes halogenated alkanes) is 1. The van der Waals surface area contributed by atoms with Crippen molar-refractivity contribution < 1.29 is 0 Å². The molecule has 0 amide bonds. The summed E-state index contributed by atoms with van der Waals surface area (Å²) in [6.07, 6.45) is 2.31. The quantitative estimate of drug-likeness (QED) is 0.514. The molecule has 0 heterocycles. The normalized spacial score (nSPS) is 12.0. The molecule has 0 aliphatic carbocycles. The van der Waals surface area contributed by atoms with Crippen LogP contribution in [0.25, 0.3) is 0 Å². The second-order valence-electron chi connectivity index (χ2n) is 4.42. The van der Waals surface area contributed by atoms with E-state index in [1.54, 1.807) is 0 Å². The average molecular weight is 187 g/mol. The first-order valence-electron chi connectivity index (χ1n) is 5.22. The summed E-state index contributed by atoms with van der Waals surface area (Å²) in [5.41, 5.74) is 5.62. The van der Waals surface area contributed by atoms with E-state index in [9.17, 15) is 0 Å². The van der Waals surface area contributed by atoms with Crippen molar-refractivity contribution in [3.05, 3.63) is 0 Å². The molecular formula is C10H25N3. The minimum absolute atomic E-state index is 0.235. The fourth-order valence-electron chi connectivity index (χ4n) is 1.05. The second-order valence-corrected chi connectivity index (χ2v) is 4.42. The summed E-state index contributed by atoms with van der Waals surface area (Å²) in [5, 5.41) is 6.80. The van der Waals surface area contributed by atoms with Crippen LogP contribution in [-0.2, 0) is 0 Å². The Kier molecular flexibility index (Phi) is 7.23. The number of hydrogen-bond donors (Lipinski definition) is 3. The minimum atomic E-state index is 0.235. The lowest BCUT2D eigenvalue weighted by molar-refractivity contribution is 0.421. The van der Waals surface area contributed by atoms with Gasteiger partial charge < -0.3 is 16.4 Å². The van der Waals surface area contributed by atoms with Gasteiger partial charge in [-0.05, 0) is 46.7 Å². The topological polar surface area (TPSA) is 50.1 Å². The highest BCUT2D eigenvalue weighted by atomic mass is 15.0. The van der Waals surface area contributed by atoms with Crippen molar-refractivity contribution in [3.63, 3.8) is 0 Å². The number of rotatable bonds is 7. The lowest BCUT2D eigenvalue weighted by Gasteiger charge is -2.20. The highest BCUT2D eigenvalue weighted by Gasteiger charge is 2.06. The zero-order valence-corrected chi connectivity index (χ0v) is 9.32. The van der Waals surface area contributed by atoms with Gasteiger partial charge in [0.05, 0.1) is 0 Å². The number of hydrogen-bond acceptors (Lipinski definition) is 3. The number of nitrogens with two attached hydrogens (primary N) is 1. The molecule has 4 N–H and O–H groups in total. The van der Waals surface area contributed by atoms with E-state index in [1.165, 1.54) is 6.42 Å². The maximum absolute atomic E-state index is 5.39. The molecule has 80 valence electrons. The van der Waals surface area contributed by atoms with Gasteiger partial charge in [-0.15, -0.1) is 0 Å². The van der Waals surface area contributed by atoms with Gasteiger partial charge >= 0.3 is 0 Å². The summed E-state index contributed by atoms with van der Waals surface area (Å²) in [6.45, 7) is 10.5. The third-order valence-electron chi connectivity index (χ3n) is 1.76. The standard InChI is InChI=1S/C10H25N3/c1-10(2,3)13-9-8-12-7-5-4-6-11/h12-13H,4-9,11H2,1-3H3. The molecule has 0 aromatic heterocycles. The van der Waals surface area contributed by atoms with Crippen LogP contribution >= 0.6 is 0 Å². The van der Waals surface area contributed by atoms with Crippen molar-refractivity contribution in [2.45, 2.75) is 39.2 Å². The third kappa shape index (κ3) is 11.9. The van der Waals surface area contributed by atoms with Crippen molar-refractivity contribution >= 4 is 0 Å². The Morgan fingerprint density at radius 3 is 2.23 bits per heavy atom. The van der Waals surface area contributed by atoms with Gasteiger partial charge in [0, 0.05) is 18.6 Å².